The number of rotatable bonds is 7. The average Bonchev–Trinajstić information content (AvgIpc) is 1.97. The molecular weight excluding hydrogens is 139 g/mol. The van der Waals surface area contributed by atoms with Crippen molar-refractivity contribution in [3.63, 3.8) is 0 Å². The topological polar surface area (TPSA) is 9.23 Å². The molecule has 0 saturated carbocycles. The Morgan fingerprint density at radius 3 is 2.40 bits per heavy atom. The Morgan fingerprint density at radius 2 is 1.80 bits per heavy atom. The second-order valence-electron chi connectivity index (χ2n) is 2.53. The molecule has 2 heteroatoms. The third kappa shape index (κ3) is 8.49. The fraction of sp³-hybridized carbons (Fsp3) is 1.00. The molecule has 58 valence electrons. The van der Waals surface area contributed by atoms with Crippen LogP contribution in [-0.4, -0.2) is 22.2 Å². The van der Waals surface area contributed by atoms with E-state index in [1.807, 2.05) is 0 Å². The number of unbranched alkanes of at least 4 members (excludes halogenated alkanes) is 2. The molecule has 1 nitrogen and oxygen atoms in total. The van der Waals surface area contributed by atoms with Crippen molar-refractivity contribution >= 4 is 15.6 Å². The molecule has 0 aromatic rings. The predicted molar refractivity (Wildman–Crippen MR) is 46.3 cm³/mol. The van der Waals surface area contributed by atoms with Gasteiger partial charge in [0.05, 0.1) is 0 Å². The first-order valence-corrected chi connectivity index (χ1v) is 5.63. The average molecular weight is 157 g/mol. The third-order valence-corrected chi connectivity index (χ3v) is 2.52. The molecule has 0 aromatic heterocycles. The van der Waals surface area contributed by atoms with Gasteiger partial charge in [-0.05, 0) is 0 Å². The van der Waals surface area contributed by atoms with E-state index in [0.717, 1.165) is 6.61 Å². The normalized spacial score (nSPS) is 9.40. The van der Waals surface area contributed by atoms with Crippen molar-refractivity contribution < 1.29 is 3.79 Å². The van der Waals surface area contributed by atoms with E-state index in [4.69, 9.17) is 3.79 Å². The van der Waals surface area contributed by atoms with Crippen LogP contribution in [-0.2, 0) is 3.79 Å². The minimum absolute atomic E-state index is 0.314. The van der Waals surface area contributed by atoms with Gasteiger partial charge in [-0.25, -0.2) is 0 Å². The zero-order valence-electron chi connectivity index (χ0n) is 7.23. The van der Waals surface area contributed by atoms with Gasteiger partial charge in [-0.2, -0.15) is 0 Å². The van der Waals surface area contributed by atoms with Gasteiger partial charge in [-0.3, -0.25) is 0 Å². The molecule has 0 aliphatic heterocycles. The van der Waals surface area contributed by atoms with E-state index in [-0.39, 0.29) is 0 Å². The summed E-state index contributed by atoms with van der Waals surface area (Å²) in [6, 6.07) is 0. The Kier molecular flexibility index (Phi) is 9.96. The fourth-order valence-electron chi connectivity index (χ4n) is 0.682. The van der Waals surface area contributed by atoms with Crippen molar-refractivity contribution in [3.8, 4) is 0 Å². The predicted octanol–water partition coefficient (Wildman–Crippen LogP) is 2.64. The van der Waals surface area contributed by atoms with E-state index in [1.54, 1.807) is 0 Å². The van der Waals surface area contributed by atoms with Crippen molar-refractivity contribution in [2.75, 3.05) is 6.61 Å². The molecule has 0 saturated heterocycles. The van der Waals surface area contributed by atoms with Crippen LogP contribution in [0.4, 0.5) is 0 Å². The summed E-state index contributed by atoms with van der Waals surface area (Å²) in [4.78, 5) is 0. The molecule has 0 amide bonds. The summed E-state index contributed by atoms with van der Waals surface area (Å²) in [5, 5.41) is 1.32. The van der Waals surface area contributed by atoms with Crippen LogP contribution in [0, 0.1) is 0 Å². The van der Waals surface area contributed by atoms with Crippen molar-refractivity contribution in [2.45, 2.75) is 44.8 Å². The van der Waals surface area contributed by atoms with Gasteiger partial charge in [0.15, 0.2) is 0 Å². The van der Waals surface area contributed by atoms with Gasteiger partial charge in [-0.1, -0.05) is 0 Å². The molecule has 0 rings (SSSR count). The molecule has 0 aliphatic carbocycles. The maximum atomic E-state index is 5.46. The zero-order valence-corrected chi connectivity index (χ0v) is 8.38. The first-order chi connectivity index (χ1) is 4.91. The Balaban J connectivity index is 2.65. The van der Waals surface area contributed by atoms with Crippen molar-refractivity contribution in [1.82, 2.24) is 0 Å². The first kappa shape index (κ1) is 10.5. The summed E-state index contributed by atoms with van der Waals surface area (Å²) in [5.41, 5.74) is 0. The maximum absolute atomic E-state index is 5.46. The van der Waals surface area contributed by atoms with E-state index in [1.165, 1.54) is 31.0 Å². The van der Waals surface area contributed by atoms with Crippen LogP contribution in [0.3, 0.4) is 0 Å². The summed E-state index contributed by atoms with van der Waals surface area (Å²) in [5.74, 6) is 0. The minimum atomic E-state index is 0.314. The van der Waals surface area contributed by atoms with Gasteiger partial charge in [0, 0.05) is 0 Å². The Labute approximate surface area is 71.2 Å². The molecule has 0 unspecified atom stereocenters. The molecule has 0 aromatic carbocycles. The Morgan fingerprint density at radius 1 is 1.10 bits per heavy atom. The fourth-order valence-corrected chi connectivity index (χ4v) is 1.76. The zero-order chi connectivity index (χ0) is 7.66. The van der Waals surface area contributed by atoms with Gasteiger partial charge in [0.25, 0.3) is 0 Å². The van der Waals surface area contributed by atoms with Gasteiger partial charge in [0.1, 0.15) is 0 Å². The summed E-state index contributed by atoms with van der Waals surface area (Å²) in [6.45, 7) is 5.42. The van der Waals surface area contributed by atoms with Crippen LogP contribution in [0.15, 0.2) is 0 Å². The quantitative estimate of drug-likeness (QED) is 0.408. The Hall–Kier alpha value is 0.492. The summed E-state index contributed by atoms with van der Waals surface area (Å²) < 4.78 is 5.46. The van der Waals surface area contributed by atoms with E-state index in [2.05, 4.69) is 13.8 Å². The van der Waals surface area contributed by atoms with Crippen LogP contribution in [0.5, 0.6) is 0 Å². The summed E-state index contributed by atoms with van der Waals surface area (Å²) >= 11 is 0.314. The van der Waals surface area contributed by atoms with E-state index < -0.39 is 0 Å². The van der Waals surface area contributed by atoms with Gasteiger partial charge in [0.2, 0.25) is 0 Å². The number of hydrogen-bond acceptors (Lipinski definition) is 1. The Bertz CT molecular complexity index is 49.2. The molecular formula is C8H18AlO+. The summed E-state index contributed by atoms with van der Waals surface area (Å²) in [7, 11) is 0. The molecule has 0 aliphatic rings. The molecule has 0 atom stereocenters. The van der Waals surface area contributed by atoms with E-state index >= 15 is 0 Å². The van der Waals surface area contributed by atoms with Gasteiger partial charge in [-0.15, -0.1) is 0 Å². The molecule has 0 N–H and O–H groups in total. The van der Waals surface area contributed by atoms with Crippen LogP contribution in [0.1, 0.15) is 39.5 Å². The molecule has 0 spiro atoms. The van der Waals surface area contributed by atoms with E-state index in [9.17, 15) is 0 Å². The standard InChI is InChI=1S/C4H9O.C4H9.Al/c1-2-3-4-5;1-3-4-2;/h2-4H2,1H3;1,3-4H2,2H3;/q-1;;+2. The monoisotopic (exact) mass is 157 g/mol. The van der Waals surface area contributed by atoms with Gasteiger partial charge >= 0.3 is 70.8 Å². The van der Waals surface area contributed by atoms with Crippen LogP contribution < -0.4 is 0 Å². The molecule has 10 heavy (non-hydrogen) atoms. The van der Waals surface area contributed by atoms with Crippen molar-refractivity contribution in [3.05, 3.63) is 0 Å². The second kappa shape index (κ2) is 9.49. The van der Waals surface area contributed by atoms with Crippen molar-refractivity contribution in [2.24, 2.45) is 0 Å². The second-order valence-corrected chi connectivity index (χ2v) is 3.78. The third-order valence-electron chi connectivity index (χ3n) is 1.41. The van der Waals surface area contributed by atoms with E-state index in [0.29, 0.717) is 15.6 Å². The molecule has 0 bridgehead atoms. The SMILES string of the molecule is CCCC[O][Al+][CH2]CCC. The molecule has 0 radical (unpaired) electrons. The summed E-state index contributed by atoms with van der Waals surface area (Å²) in [6.07, 6.45) is 5.15. The molecule has 0 fully saturated rings. The van der Waals surface area contributed by atoms with Crippen LogP contribution in [0.2, 0.25) is 5.28 Å². The first-order valence-electron chi connectivity index (χ1n) is 4.35. The van der Waals surface area contributed by atoms with Crippen LogP contribution in [0.25, 0.3) is 0 Å². The molecule has 0 heterocycles. The van der Waals surface area contributed by atoms with Crippen LogP contribution >= 0.6 is 0 Å². The van der Waals surface area contributed by atoms with Gasteiger partial charge < -0.3 is 0 Å². The van der Waals surface area contributed by atoms with Crippen molar-refractivity contribution in [1.29, 1.82) is 0 Å². The number of hydrogen-bond donors (Lipinski definition) is 0.